The van der Waals surface area contributed by atoms with Gasteiger partial charge in [0.2, 0.25) is 0 Å². The van der Waals surface area contributed by atoms with Crippen LogP contribution < -0.4 is 14.2 Å². The maximum Gasteiger partial charge on any atom is 0.137 e. The van der Waals surface area contributed by atoms with Gasteiger partial charge >= 0.3 is 0 Å². The summed E-state index contributed by atoms with van der Waals surface area (Å²) in [5.74, 6) is 2.38. The predicted octanol–water partition coefficient (Wildman–Crippen LogP) is 4.48. The Labute approximate surface area is 166 Å². The molecule has 0 saturated heterocycles. The van der Waals surface area contributed by atoms with E-state index in [9.17, 15) is 0 Å². The van der Waals surface area contributed by atoms with Crippen LogP contribution in [0.5, 0.6) is 17.2 Å². The number of ether oxygens (including phenoxy) is 3. The number of hydrogen-bond acceptors (Lipinski definition) is 6. The van der Waals surface area contributed by atoms with Crippen molar-refractivity contribution in [2.75, 3.05) is 26.9 Å². The minimum absolute atomic E-state index is 0.421. The lowest BCUT2D eigenvalue weighted by atomic mass is 10.1. The molecule has 0 unspecified atom stereocenters. The minimum Gasteiger partial charge on any atom is -0.490 e. The second-order valence-electron chi connectivity index (χ2n) is 6.20. The molecule has 0 saturated carbocycles. The van der Waals surface area contributed by atoms with Crippen LogP contribution in [-0.2, 0) is 4.84 Å². The summed E-state index contributed by atoms with van der Waals surface area (Å²) < 4.78 is 17.3. The summed E-state index contributed by atoms with van der Waals surface area (Å²) in [5.41, 5.74) is 3.53. The Bertz CT molecular complexity index is 791. The zero-order valence-electron chi connectivity index (χ0n) is 17.2. The molecule has 0 radical (unpaired) electrons. The van der Waals surface area contributed by atoms with Crippen molar-refractivity contribution in [1.29, 1.82) is 0 Å². The van der Waals surface area contributed by atoms with E-state index in [1.54, 1.807) is 6.20 Å². The number of nitrogens with zero attached hydrogens (tertiary/aromatic N) is 2. The Balaban J connectivity index is 1.85. The van der Waals surface area contributed by atoms with Crippen molar-refractivity contribution in [2.45, 2.75) is 27.7 Å². The van der Waals surface area contributed by atoms with Gasteiger partial charge in [0.15, 0.2) is 0 Å². The summed E-state index contributed by atoms with van der Waals surface area (Å²) in [7, 11) is 1.51. The molecule has 6 nitrogen and oxygen atoms in total. The maximum absolute atomic E-state index is 5.91. The molecule has 0 fully saturated rings. The van der Waals surface area contributed by atoms with E-state index in [0.717, 1.165) is 28.3 Å². The standard InChI is InChI=1S/C22H28N2O4/c1-6-7-10-26-20-13-16(2)22(17(3)14-20)28-12-11-27-19-8-9-21(23-15-19)18(4)24-25-5/h6-9,13-15H,10-12H2,1-5H3/b7-6+,24-18+. The summed E-state index contributed by atoms with van der Waals surface area (Å²) in [6.07, 6.45) is 5.60. The first-order chi connectivity index (χ1) is 13.5. The van der Waals surface area contributed by atoms with Crippen LogP contribution in [0.4, 0.5) is 0 Å². The van der Waals surface area contributed by atoms with Crippen molar-refractivity contribution in [3.8, 4) is 17.2 Å². The molecule has 2 aromatic rings. The lowest BCUT2D eigenvalue weighted by molar-refractivity contribution is 0.213. The van der Waals surface area contributed by atoms with E-state index in [-0.39, 0.29) is 0 Å². The number of oxime groups is 1. The molecule has 0 spiro atoms. The van der Waals surface area contributed by atoms with Crippen molar-refractivity contribution in [1.82, 2.24) is 4.98 Å². The van der Waals surface area contributed by atoms with Gasteiger partial charge in [-0.3, -0.25) is 4.98 Å². The third-order valence-corrected chi connectivity index (χ3v) is 3.95. The molecule has 0 atom stereocenters. The average molecular weight is 384 g/mol. The molecular formula is C22H28N2O4. The molecular weight excluding hydrogens is 356 g/mol. The minimum atomic E-state index is 0.421. The predicted molar refractivity (Wildman–Crippen MR) is 111 cm³/mol. The molecule has 1 heterocycles. The molecule has 1 aromatic carbocycles. The number of hydrogen-bond donors (Lipinski definition) is 0. The number of benzene rings is 1. The molecule has 0 aliphatic rings. The highest BCUT2D eigenvalue weighted by Crippen LogP contribution is 2.28. The van der Waals surface area contributed by atoms with Gasteiger partial charge in [-0.1, -0.05) is 17.3 Å². The monoisotopic (exact) mass is 384 g/mol. The number of rotatable bonds is 10. The molecule has 150 valence electrons. The molecule has 0 bridgehead atoms. The first kappa shape index (κ1) is 21.3. The second kappa shape index (κ2) is 11.0. The van der Waals surface area contributed by atoms with E-state index in [4.69, 9.17) is 19.0 Å². The van der Waals surface area contributed by atoms with E-state index in [0.29, 0.717) is 31.3 Å². The SMILES string of the molecule is C/C=C/COc1cc(C)c(OCCOc2ccc(/C(C)=N/OC)nc2)c(C)c1. The van der Waals surface area contributed by atoms with Crippen LogP contribution in [-0.4, -0.2) is 37.6 Å². The van der Waals surface area contributed by atoms with Gasteiger partial charge < -0.3 is 19.0 Å². The smallest absolute Gasteiger partial charge is 0.137 e. The van der Waals surface area contributed by atoms with Gasteiger partial charge in [0.1, 0.15) is 49.9 Å². The fraction of sp³-hybridized carbons (Fsp3) is 0.364. The van der Waals surface area contributed by atoms with Gasteiger partial charge in [0.05, 0.1) is 11.9 Å². The van der Waals surface area contributed by atoms with Crippen molar-refractivity contribution in [3.05, 3.63) is 59.4 Å². The van der Waals surface area contributed by atoms with E-state index < -0.39 is 0 Å². The molecule has 1 aromatic heterocycles. The Hall–Kier alpha value is -3.02. The van der Waals surface area contributed by atoms with Crippen LogP contribution in [0.2, 0.25) is 0 Å². The molecule has 0 aliphatic heterocycles. The molecule has 2 rings (SSSR count). The molecule has 0 amide bonds. The number of pyridine rings is 1. The Morgan fingerprint density at radius 3 is 2.36 bits per heavy atom. The number of allylic oxidation sites excluding steroid dienone is 1. The van der Waals surface area contributed by atoms with Crippen LogP contribution in [0.1, 0.15) is 30.7 Å². The Morgan fingerprint density at radius 2 is 1.75 bits per heavy atom. The van der Waals surface area contributed by atoms with Crippen LogP contribution >= 0.6 is 0 Å². The van der Waals surface area contributed by atoms with Crippen molar-refractivity contribution < 1.29 is 19.0 Å². The van der Waals surface area contributed by atoms with Crippen LogP contribution in [0.3, 0.4) is 0 Å². The fourth-order valence-corrected chi connectivity index (χ4v) is 2.63. The van der Waals surface area contributed by atoms with Gasteiger partial charge in [-0.05, 0) is 63.1 Å². The lowest BCUT2D eigenvalue weighted by Crippen LogP contribution is -2.11. The topological polar surface area (TPSA) is 62.2 Å². The van der Waals surface area contributed by atoms with Crippen molar-refractivity contribution >= 4 is 5.71 Å². The van der Waals surface area contributed by atoms with Gasteiger partial charge in [-0.25, -0.2) is 0 Å². The van der Waals surface area contributed by atoms with Gasteiger partial charge in [-0.15, -0.1) is 0 Å². The van der Waals surface area contributed by atoms with Gasteiger partial charge in [0.25, 0.3) is 0 Å². The quantitative estimate of drug-likeness (QED) is 0.262. The summed E-state index contributed by atoms with van der Waals surface area (Å²) in [6, 6.07) is 7.66. The van der Waals surface area contributed by atoms with Crippen molar-refractivity contribution in [3.63, 3.8) is 0 Å². The normalized spacial score (nSPS) is 11.5. The Kier molecular flexibility index (Phi) is 8.34. The second-order valence-corrected chi connectivity index (χ2v) is 6.20. The highest BCUT2D eigenvalue weighted by Gasteiger charge is 2.08. The van der Waals surface area contributed by atoms with Gasteiger partial charge in [0, 0.05) is 0 Å². The number of aromatic nitrogens is 1. The molecule has 0 aliphatic carbocycles. The Morgan fingerprint density at radius 1 is 1.04 bits per heavy atom. The zero-order chi connectivity index (χ0) is 20.4. The summed E-state index contributed by atoms with van der Waals surface area (Å²) >= 11 is 0. The first-order valence-corrected chi connectivity index (χ1v) is 9.20. The molecule has 28 heavy (non-hydrogen) atoms. The van der Waals surface area contributed by atoms with Crippen LogP contribution in [0, 0.1) is 13.8 Å². The first-order valence-electron chi connectivity index (χ1n) is 9.20. The summed E-state index contributed by atoms with van der Waals surface area (Å²) in [4.78, 5) is 9.06. The van der Waals surface area contributed by atoms with Gasteiger partial charge in [-0.2, -0.15) is 0 Å². The maximum atomic E-state index is 5.91. The molecule has 6 heteroatoms. The third-order valence-electron chi connectivity index (χ3n) is 3.95. The highest BCUT2D eigenvalue weighted by atomic mass is 16.6. The average Bonchev–Trinajstić information content (AvgIpc) is 2.67. The van der Waals surface area contributed by atoms with E-state index >= 15 is 0 Å². The fourth-order valence-electron chi connectivity index (χ4n) is 2.63. The van der Waals surface area contributed by atoms with E-state index in [1.165, 1.54) is 7.11 Å². The lowest BCUT2D eigenvalue weighted by Gasteiger charge is -2.14. The molecule has 0 N–H and O–H groups in total. The van der Waals surface area contributed by atoms with E-state index in [1.807, 2.05) is 64.1 Å². The summed E-state index contributed by atoms with van der Waals surface area (Å²) in [5, 5.41) is 3.86. The van der Waals surface area contributed by atoms with E-state index in [2.05, 4.69) is 10.1 Å². The summed E-state index contributed by atoms with van der Waals surface area (Å²) in [6.45, 7) is 9.25. The van der Waals surface area contributed by atoms with Crippen LogP contribution in [0.15, 0.2) is 47.8 Å². The highest BCUT2D eigenvalue weighted by molar-refractivity contribution is 5.96. The van der Waals surface area contributed by atoms with Crippen LogP contribution in [0.25, 0.3) is 0 Å². The number of aryl methyl sites for hydroxylation is 2. The van der Waals surface area contributed by atoms with Crippen molar-refractivity contribution in [2.24, 2.45) is 5.16 Å². The third kappa shape index (κ3) is 6.30. The largest absolute Gasteiger partial charge is 0.490 e. The zero-order valence-corrected chi connectivity index (χ0v) is 17.2.